The summed E-state index contributed by atoms with van der Waals surface area (Å²) in [7, 11) is 0. The van der Waals surface area contributed by atoms with Gasteiger partial charge in [-0.05, 0) is 29.7 Å². The number of fused-ring (bicyclic) bond motifs is 1. The number of hydrogen-bond acceptors (Lipinski definition) is 3. The maximum Gasteiger partial charge on any atom is 0.234 e. The Kier molecular flexibility index (Phi) is 3.11. The third-order valence-electron chi connectivity index (χ3n) is 4.11. The molecular formula is C15H18N2O2. The van der Waals surface area contributed by atoms with Crippen LogP contribution in [0.5, 0.6) is 0 Å². The largest absolute Gasteiger partial charge is 0.296 e. The van der Waals surface area contributed by atoms with E-state index in [2.05, 4.69) is 29.3 Å². The molecule has 0 aromatic heterocycles. The van der Waals surface area contributed by atoms with Crippen LogP contribution in [-0.4, -0.2) is 23.3 Å². The smallest absolute Gasteiger partial charge is 0.234 e. The van der Waals surface area contributed by atoms with Gasteiger partial charge in [0, 0.05) is 19.5 Å². The second-order valence-electron chi connectivity index (χ2n) is 5.34. The predicted octanol–water partition coefficient (Wildman–Crippen LogP) is 1.54. The number of piperidine rings is 1. The molecule has 1 N–H and O–H groups in total. The first-order valence-electron chi connectivity index (χ1n) is 6.85. The van der Waals surface area contributed by atoms with Crippen LogP contribution in [0.15, 0.2) is 18.2 Å². The molecule has 0 spiro atoms. The van der Waals surface area contributed by atoms with Crippen molar-refractivity contribution >= 4 is 11.8 Å². The van der Waals surface area contributed by atoms with Gasteiger partial charge in [0.25, 0.3) is 0 Å². The van der Waals surface area contributed by atoms with Gasteiger partial charge in [-0.3, -0.25) is 19.8 Å². The number of nitrogens with zero attached hydrogens (tertiary/aromatic N) is 1. The number of imide groups is 1. The van der Waals surface area contributed by atoms with Gasteiger partial charge in [0.2, 0.25) is 11.8 Å². The fourth-order valence-electron chi connectivity index (χ4n) is 2.94. The van der Waals surface area contributed by atoms with E-state index in [0.29, 0.717) is 12.8 Å². The molecule has 0 saturated carbocycles. The van der Waals surface area contributed by atoms with E-state index in [1.54, 1.807) is 0 Å². The van der Waals surface area contributed by atoms with Crippen LogP contribution < -0.4 is 5.32 Å². The standard InChI is InChI=1S/C15H18N2O2/c1-2-17-8-11-4-3-10(7-12(11)9-17)13-5-6-14(18)16-15(13)19/h3-4,7,13H,2,5-6,8-9H2,1H3,(H,16,18,19). The monoisotopic (exact) mass is 258 g/mol. The summed E-state index contributed by atoms with van der Waals surface area (Å²) in [6, 6.07) is 6.31. The normalized spacial score (nSPS) is 23.3. The molecule has 4 nitrogen and oxygen atoms in total. The highest BCUT2D eigenvalue weighted by molar-refractivity contribution is 6.00. The molecule has 2 heterocycles. The molecule has 3 rings (SSSR count). The van der Waals surface area contributed by atoms with Crippen LogP contribution in [-0.2, 0) is 22.7 Å². The van der Waals surface area contributed by atoms with Crippen LogP contribution in [0.4, 0.5) is 0 Å². The van der Waals surface area contributed by atoms with Crippen LogP contribution in [0.2, 0.25) is 0 Å². The predicted molar refractivity (Wildman–Crippen MR) is 71.4 cm³/mol. The fourth-order valence-corrected chi connectivity index (χ4v) is 2.94. The van der Waals surface area contributed by atoms with Crippen LogP contribution in [0.3, 0.4) is 0 Å². The summed E-state index contributed by atoms with van der Waals surface area (Å²) >= 11 is 0. The summed E-state index contributed by atoms with van der Waals surface area (Å²) in [5.74, 6) is -0.472. The maximum absolute atomic E-state index is 11.9. The Labute approximate surface area is 112 Å². The van der Waals surface area contributed by atoms with E-state index < -0.39 is 0 Å². The van der Waals surface area contributed by atoms with Crippen molar-refractivity contribution in [1.82, 2.24) is 10.2 Å². The summed E-state index contributed by atoms with van der Waals surface area (Å²) in [6.07, 6.45) is 1.07. The van der Waals surface area contributed by atoms with E-state index >= 15 is 0 Å². The van der Waals surface area contributed by atoms with Gasteiger partial charge in [0.05, 0.1) is 5.92 Å². The summed E-state index contributed by atoms with van der Waals surface area (Å²) < 4.78 is 0. The van der Waals surface area contributed by atoms with Crippen molar-refractivity contribution < 1.29 is 9.59 Å². The van der Waals surface area contributed by atoms with Crippen molar-refractivity contribution in [3.8, 4) is 0 Å². The topological polar surface area (TPSA) is 49.4 Å². The number of hydrogen-bond donors (Lipinski definition) is 1. The second-order valence-corrected chi connectivity index (χ2v) is 5.34. The molecule has 19 heavy (non-hydrogen) atoms. The molecule has 2 amide bonds. The molecule has 0 aliphatic carbocycles. The first-order chi connectivity index (χ1) is 9.17. The zero-order chi connectivity index (χ0) is 13.4. The number of nitrogens with one attached hydrogen (secondary N) is 1. The molecule has 2 aliphatic heterocycles. The summed E-state index contributed by atoms with van der Waals surface area (Å²) in [4.78, 5) is 25.4. The van der Waals surface area contributed by atoms with E-state index in [1.807, 2.05) is 6.07 Å². The molecule has 1 saturated heterocycles. The number of rotatable bonds is 2. The zero-order valence-electron chi connectivity index (χ0n) is 11.1. The minimum absolute atomic E-state index is 0.151. The molecule has 1 aromatic carbocycles. The highest BCUT2D eigenvalue weighted by Gasteiger charge is 2.29. The lowest BCUT2D eigenvalue weighted by Crippen LogP contribution is -2.39. The Bertz CT molecular complexity index is 539. The number of carbonyl (C=O) groups excluding carboxylic acids is 2. The van der Waals surface area contributed by atoms with Gasteiger partial charge in [-0.25, -0.2) is 0 Å². The highest BCUT2D eigenvalue weighted by atomic mass is 16.2. The van der Waals surface area contributed by atoms with Crippen molar-refractivity contribution in [2.45, 2.75) is 38.8 Å². The van der Waals surface area contributed by atoms with Gasteiger partial charge in [0.15, 0.2) is 0 Å². The van der Waals surface area contributed by atoms with E-state index in [1.165, 1.54) is 11.1 Å². The van der Waals surface area contributed by atoms with Gasteiger partial charge in [0.1, 0.15) is 0 Å². The average Bonchev–Trinajstić information content (AvgIpc) is 2.80. The number of amides is 2. The van der Waals surface area contributed by atoms with Gasteiger partial charge < -0.3 is 0 Å². The van der Waals surface area contributed by atoms with Crippen LogP contribution in [0.1, 0.15) is 42.4 Å². The van der Waals surface area contributed by atoms with E-state index in [0.717, 1.165) is 25.2 Å². The van der Waals surface area contributed by atoms with E-state index in [9.17, 15) is 9.59 Å². The van der Waals surface area contributed by atoms with Crippen molar-refractivity contribution in [3.05, 3.63) is 34.9 Å². The second kappa shape index (κ2) is 4.78. The lowest BCUT2D eigenvalue weighted by molar-refractivity contribution is -0.134. The molecular weight excluding hydrogens is 240 g/mol. The van der Waals surface area contributed by atoms with Crippen molar-refractivity contribution in [2.24, 2.45) is 0 Å². The van der Waals surface area contributed by atoms with Gasteiger partial charge in [-0.1, -0.05) is 25.1 Å². The highest BCUT2D eigenvalue weighted by Crippen LogP contribution is 2.30. The van der Waals surface area contributed by atoms with E-state index in [4.69, 9.17) is 0 Å². The van der Waals surface area contributed by atoms with Crippen LogP contribution >= 0.6 is 0 Å². The Morgan fingerprint density at radius 1 is 1.26 bits per heavy atom. The Morgan fingerprint density at radius 2 is 2.05 bits per heavy atom. The molecule has 2 aliphatic rings. The third kappa shape index (κ3) is 2.28. The van der Waals surface area contributed by atoms with Crippen molar-refractivity contribution in [1.29, 1.82) is 0 Å². The molecule has 0 bridgehead atoms. The maximum atomic E-state index is 11.9. The van der Waals surface area contributed by atoms with Crippen LogP contribution in [0.25, 0.3) is 0 Å². The third-order valence-corrected chi connectivity index (χ3v) is 4.11. The van der Waals surface area contributed by atoms with Gasteiger partial charge >= 0.3 is 0 Å². The lowest BCUT2D eigenvalue weighted by Gasteiger charge is -2.21. The summed E-state index contributed by atoms with van der Waals surface area (Å²) in [5.41, 5.74) is 3.73. The Morgan fingerprint density at radius 3 is 2.79 bits per heavy atom. The first kappa shape index (κ1) is 12.4. The fraction of sp³-hybridized carbons (Fsp3) is 0.467. The molecule has 1 atom stereocenters. The van der Waals surface area contributed by atoms with Crippen molar-refractivity contribution in [2.75, 3.05) is 6.54 Å². The molecule has 1 fully saturated rings. The molecule has 1 unspecified atom stereocenters. The number of benzene rings is 1. The SMILES string of the molecule is CCN1Cc2ccc(C3CCC(=O)NC3=O)cc2C1. The van der Waals surface area contributed by atoms with Crippen molar-refractivity contribution in [3.63, 3.8) is 0 Å². The minimum atomic E-state index is -0.168. The zero-order valence-corrected chi connectivity index (χ0v) is 11.1. The summed E-state index contributed by atoms with van der Waals surface area (Å²) in [5, 5.41) is 2.43. The Balaban J connectivity index is 1.84. The minimum Gasteiger partial charge on any atom is -0.296 e. The van der Waals surface area contributed by atoms with Crippen LogP contribution in [0, 0.1) is 0 Å². The average molecular weight is 258 g/mol. The molecule has 4 heteroatoms. The quantitative estimate of drug-likeness (QED) is 0.819. The van der Waals surface area contributed by atoms with Gasteiger partial charge in [-0.15, -0.1) is 0 Å². The Hall–Kier alpha value is -1.68. The molecule has 100 valence electrons. The van der Waals surface area contributed by atoms with E-state index in [-0.39, 0.29) is 17.7 Å². The number of carbonyl (C=O) groups is 2. The molecule has 1 aromatic rings. The lowest BCUT2D eigenvalue weighted by atomic mass is 9.89. The van der Waals surface area contributed by atoms with Gasteiger partial charge in [-0.2, -0.15) is 0 Å². The molecule has 0 radical (unpaired) electrons. The summed E-state index contributed by atoms with van der Waals surface area (Å²) in [6.45, 7) is 5.17. The first-order valence-corrected chi connectivity index (χ1v) is 6.85.